The molecule has 1 amide bonds. The van der Waals surface area contributed by atoms with Crippen LogP contribution < -0.4 is 10.5 Å². The molecule has 0 atom stereocenters. The molecule has 1 saturated carbocycles. The summed E-state index contributed by atoms with van der Waals surface area (Å²) in [6, 6.07) is 5.59. The van der Waals surface area contributed by atoms with Gasteiger partial charge in [0.25, 0.3) is 5.91 Å². The van der Waals surface area contributed by atoms with Gasteiger partial charge in [-0.15, -0.1) is 0 Å². The number of rotatable bonds is 4. The predicted molar refractivity (Wildman–Crippen MR) is 81.0 cm³/mol. The molecule has 0 heterocycles. The molecule has 2 rings (SSSR count). The summed E-state index contributed by atoms with van der Waals surface area (Å²) in [6.45, 7) is 2.77. The molecule has 1 aliphatic carbocycles. The standard InChI is InChI=1S/C16H24N2O2/c1-3-18(13-7-5-4-6-8-13)16(19)14-10-9-12(17)11-15(14)20-2/h9-11,13H,3-8,17H2,1-2H3. The lowest BCUT2D eigenvalue weighted by Crippen LogP contribution is -2.41. The molecule has 1 aliphatic rings. The van der Waals surface area contributed by atoms with E-state index < -0.39 is 0 Å². The maximum atomic E-state index is 12.8. The van der Waals surface area contributed by atoms with E-state index in [0.717, 1.165) is 19.4 Å². The van der Waals surface area contributed by atoms with Gasteiger partial charge in [0.2, 0.25) is 0 Å². The van der Waals surface area contributed by atoms with Crippen molar-refractivity contribution in [2.75, 3.05) is 19.4 Å². The van der Waals surface area contributed by atoms with Gasteiger partial charge < -0.3 is 15.4 Å². The molecule has 0 aromatic heterocycles. The normalized spacial score (nSPS) is 15.9. The molecule has 4 nitrogen and oxygen atoms in total. The number of carbonyl (C=O) groups excluding carboxylic acids is 1. The second-order valence-corrected chi connectivity index (χ2v) is 5.34. The topological polar surface area (TPSA) is 55.6 Å². The lowest BCUT2D eigenvalue weighted by molar-refractivity contribution is 0.0644. The molecule has 0 aliphatic heterocycles. The number of carbonyl (C=O) groups is 1. The molecule has 2 N–H and O–H groups in total. The van der Waals surface area contributed by atoms with Crippen LogP contribution in [0.1, 0.15) is 49.4 Å². The summed E-state index contributed by atoms with van der Waals surface area (Å²) < 4.78 is 5.30. The number of benzene rings is 1. The molecule has 1 aromatic rings. The number of anilines is 1. The van der Waals surface area contributed by atoms with Crippen molar-refractivity contribution in [3.63, 3.8) is 0 Å². The van der Waals surface area contributed by atoms with Crippen molar-refractivity contribution in [1.82, 2.24) is 4.90 Å². The van der Waals surface area contributed by atoms with E-state index in [9.17, 15) is 4.79 Å². The first-order chi connectivity index (χ1) is 9.67. The van der Waals surface area contributed by atoms with Crippen LogP contribution in [0.2, 0.25) is 0 Å². The Balaban J connectivity index is 2.23. The van der Waals surface area contributed by atoms with E-state index in [-0.39, 0.29) is 5.91 Å². The van der Waals surface area contributed by atoms with Gasteiger partial charge in [-0.05, 0) is 31.9 Å². The molecule has 110 valence electrons. The Morgan fingerprint density at radius 1 is 1.35 bits per heavy atom. The van der Waals surface area contributed by atoms with Crippen LogP contribution in [0, 0.1) is 0 Å². The van der Waals surface area contributed by atoms with E-state index in [1.165, 1.54) is 19.3 Å². The van der Waals surface area contributed by atoms with Crippen molar-refractivity contribution in [3.05, 3.63) is 23.8 Å². The summed E-state index contributed by atoms with van der Waals surface area (Å²) in [6.07, 6.45) is 5.93. The van der Waals surface area contributed by atoms with Crippen LogP contribution in [0.15, 0.2) is 18.2 Å². The van der Waals surface area contributed by atoms with Crippen LogP contribution in [0.4, 0.5) is 5.69 Å². The Hall–Kier alpha value is -1.71. The fourth-order valence-electron chi connectivity index (χ4n) is 3.00. The van der Waals surface area contributed by atoms with Gasteiger partial charge in [0, 0.05) is 24.3 Å². The van der Waals surface area contributed by atoms with Crippen LogP contribution in [0.3, 0.4) is 0 Å². The van der Waals surface area contributed by atoms with Crippen molar-refractivity contribution in [1.29, 1.82) is 0 Å². The summed E-state index contributed by atoms with van der Waals surface area (Å²) >= 11 is 0. The molecule has 20 heavy (non-hydrogen) atoms. The van der Waals surface area contributed by atoms with Gasteiger partial charge >= 0.3 is 0 Å². The lowest BCUT2D eigenvalue weighted by Gasteiger charge is -2.34. The van der Waals surface area contributed by atoms with Gasteiger partial charge in [0.1, 0.15) is 5.75 Å². The van der Waals surface area contributed by atoms with Gasteiger partial charge in [-0.3, -0.25) is 4.79 Å². The zero-order valence-corrected chi connectivity index (χ0v) is 12.4. The largest absolute Gasteiger partial charge is 0.496 e. The van der Waals surface area contributed by atoms with Crippen molar-refractivity contribution >= 4 is 11.6 Å². The highest BCUT2D eigenvalue weighted by Crippen LogP contribution is 2.27. The SMILES string of the molecule is CCN(C(=O)c1ccc(N)cc1OC)C1CCCCC1. The lowest BCUT2D eigenvalue weighted by atomic mass is 9.93. The second kappa shape index (κ2) is 6.64. The molecule has 0 unspecified atom stereocenters. The number of amides is 1. The van der Waals surface area contributed by atoms with Crippen LogP contribution in [0.25, 0.3) is 0 Å². The van der Waals surface area contributed by atoms with E-state index in [1.807, 2.05) is 11.8 Å². The molecule has 0 spiro atoms. The van der Waals surface area contributed by atoms with Gasteiger partial charge in [0.05, 0.1) is 12.7 Å². The first kappa shape index (κ1) is 14.7. The summed E-state index contributed by atoms with van der Waals surface area (Å²) in [5.74, 6) is 0.612. The molecular weight excluding hydrogens is 252 g/mol. The van der Waals surface area contributed by atoms with Crippen LogP contribution in [0.5, 0.6) is 5.75 Å². The third-order valence-electron chi connectivity index (χ3n) is 4.07. The average molecular weight is 276 g/mol. The van der Waals surface area contributed by atoms with Crippen molar-refractivity contribution in [2.45, 2.75) is 45.1 Å². The first-order valence-electron chi connectivity index (χ1n) is 7.41. The Morgan fingerprint density at radius 2 is 2.05 bits per heavy atom. The van der Waals surface area contributed by atoms with Crippen LogP contribution in [-0.2, 0) is 0 Å². The average Bonchev–Trinajstić information content (AvgIpc) is 2.48. The number of nitrogens with zero attached hydrogens (tertiary/aromatic N) is 1. The van der Waals surface area contributed by atoms with Crippen molar-refractivity contribution in [2.24, 2.45) is 0 Å². The smallest absolute Gasteiger partial charge is 0.257 e. The van der Waals surface area contributed by atoms with E-state index in [4.69, 9.17) is 10.5 Å². The van der Waals surface area contributed by atoms with E-state index >= 15 is 0 Å². The fourth-order valence-corrected chi connectivity index (χ4v) is 3.00. The molecule has 0 radical (unpaired) electrons. The maximum absolute atomic E-state index is 12.8. The summed E-state index contributed by atoms with van der Waals surface area (Å²) in [4.78, 5) is 14.8. The number of methoxy groups -OCH3 is 1. The van der Waals surface area contributed by atoms with E-state index in [2.05, 4.69) is 0 Å². The van der Waals surface area contributed by atoms with Crippen molar-refractivity contribution < 1.29 is 9.53 Å². The highest BCUT2D eigenvalue weighted by molar-refractivity contribution is 5.97. The number of nitrogen functional groups attached to an aromatic ring is 1. The molecule has 4 heteroatoms. The zero-order valence-electron chi connectivity index (χ0n) is 12.4. The predicted octanol–water partition coefficient (Wildman–Crippen LogP) is 3.07. The quantitative estimate of drug-likeness (QED) is 0.860. The summed E-state index contributed by atoms with van der Waals surface area (Å²) in [5, 5.41) is 0. The monoisotopic (exact) mass is 276 g/mol. The highest BCUT2D eigenvalue weighted by Gasteiger charge is 2.26. The summed E-state index contributed by atoms with van der Waals surface area (Å²) in [5.41, 5.74) is 6.97. The summed E-state index contributed by atoms with van der Waals surface area (Å²) in [7, 11) is 1.57. The van der Waals surface area contributed by atoms with E-state index in [1.54, 1.807) is 25.3 Å². The number of ether oxygens (including phenoxy) is 1. The van der Waals surface area contributed by atoms with Crippen molar-refractivity contribution in [3.8, 4) is 5.75 Å². The van der Waals surface area contributed by atoms with Crippen LogP contribution in [-0.4, -0.2) is 30.5 Å². The molecular formula is C16H24N2O2. The van der Waals surface area contributed by atoms with Gasteiger partial charge in [0.15, 0.2) is 0 Å². The zero-order chi connectivity index (χ0) is 14.5. The molecule has 1 aromatic carbocycles. The minimum Gasteiger partial charge on any atom is -0.496 e. The van der Waals surface area contributed by atoms with Gasteiger partial charge in [-0.2, -0.15) is 0 Å². The number of nitrogens with two attached hydrogens (primary N) is 1. The second-order valence-electron chi connectivity index (χ2n) is 5.34. The van der Waals surface area contributed by atoms with Gasteiger partial charge in [-0.25, -0.2) is 0 Å². The molecule has 0 bridgehead atoms. The molecule has 1 fully saturated rings. The Kier molecular flexibility index (Phi) is 4.88. The van der Waals surface area contributed by atoms with Crippen LogP contribution >= 0.6 is 0 Å². The Bertz CT molecular complexity index is 468. The first-order valence-corrected chi connectivity index (χ1v) is 7.41. The Labute approximate surface area is 120 Å². The molecule has 0 saturated heterocycles. The minimum absolute atomic E-state index is 0.0521. The third-order valence-corrected chi connectivity index (χ3v) is 4.07. The van der Waals surface area contributed by atoms with Gasteiger partial charge in [-0.1, -0.05) is 19.3 Å². The Morgan fingerprint density at radius 3 is 2.65 bits per heavy atom. The minimum atomic E-state index is 0.0521. The maximum Gasteiger partial charge on any atom is 0.257 e. The highest BCUT2D eigenvalue weighted by atomic mass is 16.5. The fraction of sp³-hybridized carbons (Fsp3) is 0.562. The van der Waals surface area contributed by atoms with E-state index in [0.29, 0.717) is 23.0 Å². The third kappa shape index (κ3) is 3.06. The number of hydrogen-bond acceptors (Lipinski definition) is 3. The number of hydrogen-bond donors (Lipinski definition) is 1.